The molecule has 0 aromatic carbocycles. The number of halogens is 3. The van der Waals surface area contributed by atoms with Crippen molar-refractivity contribution in [3.05, 3.63) is 0 Å². The number of nitrogens with zero attached hydrogens (tertiary/aromatic N) is 1. The number of hydrogen-bond acceptors (Lipinski definition) is 3. The average molecular weight is 243 g/mol. The van der Waals surface area contributed by atoms with Gasteiger partial charge in [0, 0.05) is 13.1 Å². The Morgan fingerprint density at radius 2 is 1.81 bits per heavy atom. The highest BCUT2D eigenvalue weighted by Crippen LogP contribution is 2.14. The SMILES string of the molecule is CCN(CCOCC(F)(F)F)CC(C)(C)O. The number of hydrogen-bond donors (Lipinski definition) is 1. The molecule has 0 aromatic rings. The lowest BCUT2D eigenvalue weighted by Gasteiger charge is -2.27. The zero-order valence-electron chi connectivity index (χ0n) is 9.97. The Hall–Kier alpha value is -0.330. The van der Waals surface area contributed by atoms with Gasteiger partial charge in [0.05, 0.1) is 12.2 Å². The van der Waals surface area contributed by atoms with Gasteiger partial charge in [-0.15, -0.1) is 0 Å². The van der Waals surface area contributed by atoms with Crippen LogP contribution in [0.2, 0.25) is 0 Å². The minimum Gasteiger partial charge on any atom is -0.389 e. The molecule has 0 aliphatic rings. The molecule has 0 fully saturated rings. The lowest BCUT2D eigenvalue weighted by atomic mass is 10.1. The summed E-state index contributed by atoms with van der Waals surface area (Å²) in [6.45, 7) is 5.47. The van der Waals surface area contributed by atoms with E-state index >= 15 is 0 Å². The summed E-state index contributed by atoms with van der Waals surface area (Å²) in [7, 11) is 0. The lowest BCUT2D eigenvalue weighted by Crippen LogP contribution is -2.40. The fourth-order valence-corrected chi connectivity index (χ4v) is 1.28. The normalized spacial score (nSPS) is 13.5. The third-order valence-electron chi connectivity index (χ3n) is 1.88. The van der Waals surface area contributed by atoms with Gasteiger partial charge >= 0.3 is 6.18 Å². The quantitative estimate of drug-likeness (QED) is 0.690. The van der Waals surface area contributed by atoms with E-state index in [1.54, 1.807) is 13.8 Å². The van der Waals surface area contributed by atoms with Gasteiger partial charge in [-0.1, -0.05) is 6.92 Å². The summed E-state index contributed by atoms with van der Waals surface area (Å²) < 4.78 is 39.8. The summed E-state index contributed by atoms with van der Waals surface area (Å²) in [5, 5.41) is 9.54. The van der Waals surface area contributed by atoms with Crippen molar-refractivity contribution >= 4 is 0 Å². The molecule has 98 valence electrons. The monoisotopic (exact) mass is 243 g/mol. The fraction of sp³-hybridized carbons (Fsp3) is 1.00. The molecule has 0 aromatic heterocycles. The van der Waals surface area contributed by atoms with Crippen molar-refractivity contribution in [3.8, 4) is 0 Å². The maximum absolute atomic E-state index is 11.8. The van der Waals surface area contributed by atoms with Crippen LogP contribution in [0.5, 0.6) is 0 Å². The molecule has 3 nitrogen and oxygen atoms in total. The van der Waals surface area contributed by atoms with Crippen LogP contribution in [0.25, 0.3) is 0 Å². The van der Waals surface area contributed by atoms with Gasteiger partial charge < -0.3 is 9.84 Å². The van der Waals surface area contributed by atoms with Crippen LogP contribution in [0.1, 0.15) is 20.8 Å². The standard InChI is InChI=1S/C10H20F3NO2/c1-4-14(7-9(2,3)15)5-6-16-8-10(11,12)13/h15H,4-8H2,1-3H3. The lowest BCUT2D eigenvalue weighted by molar-refractivity contribution is -0.174. The van der Waals surface area contributed by atoms with Crippen molar-refractivity contribution < 1.29 is 23.0 Å². The molecule has 0 heterocycles. The van der Waals surface area contributed by atoms with E-state index in [2.05, 4.69) is 4.74 Å². The van der Waals surface area contributed by atoms with Gasteiger partial charge in [0.15, 0.2) is 0 Å². The Bertz CT molecular complexity index is 189. The Morgan fingerprint density at radius 3 is 2.19 bits per heavy atom. The molecule has 0 aliphatic carbocycles. The van der Waals surface area contributed by atoms with Crippen LogP contribution < -0.4 is 0 Å². The molecule has 0 rings (SSSR count). The molecule has 6 heteroatoms. The van der Waals surface area contributed by atoms with E-state index in [1.165, 1.54) is 0 Å². The highest BCUT2D eigenvalue weighted by Gasteiger charge is 2.27. The second-order valence-electron chi connectivity index (χ2n) is 4.35. The maximum Gasteiger partial charge on any atom is 0.411 e. The van der Waals surface area contributed by atoms with E-state index < -0.39 is 18.4 Å². The molecule has 0 bridgehead atoms. The summed E-state index contributed by atoms with van der Waals surface area (Å²) >= 11 is 0. The molecular formula is C10H20F3NO2. The molecule has 0 aliphatic heterocycles. The van der Waals surface area contributed by atoms with Gasteiger partial charge in [-0.05, 0) is 20.4 Å². The van der Waals surface area contributed by atoms with Crippen LogP contribution in [-0.4, -0.2) is 54.6 Å². The first-order chi connectivity index (χ1) is 7.14. The van der Waals surface area contributed by atoms with Crippen molar-refractivity contribution in [1.82, 2.24) is 4.90 Å². The van der Waals surface area contributed by atoms with Crippen LogP contribution in [0.15, 0.2) is 0 Å². The van der Waals surface area contributed by atoms with Crippen molar-refractivity contribution in [1.29, 1.82) is 0 Å². The maximum atomic E-state index is 11.8. The minimum atomic E-state index is -4.27. The van der Waals surface area contributed by atoms with Gasteiger partial charge in [0.25, 0.3) is 0 Å². The first-order valence-electron chi connectivity index (χ1n) is 5.23. The molecule has 1 N–H and O–H groups in total. The number of rotatable bonds is 7. The molecule has 0 saturated heterocycles. The fourth-order valence-electron chi connectivity index (χ4n) is 1.28. The van der Waals surface area contributed by atoms with Gasteiger partial charge in [-0.2, -0.15) is 13.2 Å². The van der Waals surface area contributed by atoms with Crippen LogP contribution in [-0.2, 0) is 4.74 Å². The van der Waals surface area contributed by atoms with E-state index in [4.69, 9.17) is 0 Å². The Kier molecular flexibility index (Phi) is 6.28. The zero-order chi connectivity index (χ0) is 12.8. The molecule has 0 saturated carbocycles. The predicted molar refractivity (Wildman–Crippen MR) is 55.3 cm³/mol. The number of likely N-dealkylation sites (N-methyl/N-ethyl adjacent to an activating group) is 1. The van der Waals surface area contributed by atoms with Gasteiger partial charge in [-0.25, -0.2) is 0 Å². The van der Waals surface area contributed by atoms with Gasteiger partial charge in [-0.3, -0.25) is 4.90 Å². The summed E-state index contributed by atoms with van der Waals surface area (Å²) in [4.78, 5) is 1.84. The van der Waals surface area contributed by atoms with E-state index in [9.17, 15) is 18.3 Å². The largest absolute Gasteiger partial charge is 0.411 e. The van der Waals surface area contributed by atoms with Crippen molar-refractivity contribution in [2.75, 3.05) is 32.8 Å². The van der Waals surface area contributed by atoms with Gasteiger partial charge in [0.1, 0.15) is 6.61 Å². The van der Waals surface area contributed by atoms with Crippen LogP contribution >= 0.6 is 0 Å². The highest BCUT2D eigenvalue weighted by molar-refractivity contribution is 4.71. The number of aliphatic hydroxyl groups is 1. The summed E-state index contributed by atoms with van der Waals surface area (Å²) in [5.74, 6) is 0. The first-order valence-corrected chi connectivity index (χ1v) is 5.23. The second kappa shape index (κ2) is 6.42. The van der Waals surface area contributed by atoms with Crippen LogP contribution in [0, 0.1) is 0 Å². The summed E-state index contributed by atoms with van der Waals surface area (Å²) in [6.07, 6.45) is -4.27. The molecule has 0 spiro atoms. The molecular weight excluding hydrogens is 223 g/mol. The smallest absolute Gasteiger partial charge is 0.389 e. The summed E-state index contributed by atoms with van der Waals surface area (Å²) in [5.41, 5.74) is -0.847. The van der Waals surface area contributed by atoms with E-state index in [0.29, 0.717) is 19.6 Å². The zero-order valence-corrected chi connectivity index (χ0v) is 9.97. The minimum absolute atomic E-state index is 0.0173. The third kappa shape index (κ3) is 10.2. The molecule has 16 heavy (non-hydrogen) atoms. The molecule has 0 amide bonds. The number of ether oxygens (including phenoxy) is 1. The summed E-state index contributed by atoms with van der Waals surface area (Å²) in [6, 6.07) is 0. The first kappa shape index (κ1) is 15.7. The van der Waals surface area contributed by atoms with Gasteiger partial charge in [0.2, 0.25) is 0 Å². The van der Waals surface area contributed by atoms with Crippen LogP contribution in [0.4, 0.5) is 13.2 Å². The van der Waals surface area contributed by atoms with Crippen LogP contribution in [0.3, 0.4) is 0 Å². The average Bonchev–Trinajstić information content (AvgIpc) is 2.06. The number of alkyl halides is 3. The van der Waals surface area contributed by atoms with E-state index in [1.807, 2.05) is 11.8 Å². The highest BCUT2D eigenvalue weighted by atomic mass is 19.4. The molecule has 0 unspecified atom stereocenters. The predicted octanol–water partition coefficient (Wildman–Crippen LogP) is 1.66. The van der Waals surface area contributed by atoms with E-state index in [0.717, 1.165) is 0 Å². The second-order valence-corrected chi connectivity index (χ2v) is 4.35. The molecule has 0 radical (unpaired) electrons. The van der Waals surface area contributed by atoms with E-state index in [-0.39, 0.29) is 6.61 Å². The van der Waals surface area contributed by atoms with Crippen molar-refractivity contribution in [2.45, 2.75) is 32.5 Å². The Labute approximate surface area is 94.2 Å². The Balaban J connectivity index is 3.72. The topological polar surface area (TPSA) is 32.7 Å². The van der Waals surface area contributed by atoms with Crippen molar-refractivity contribution in [3.63, 3.8) is 0 Å². The molecule has 0 atom stereocenters. The Morgan fingerprint density at radius 1 is 1.25 bits per heavy atom. The van der Waals surface area contributed by atoms with Crippen molar-refractivity contribution in [2.24, 2.45) is 0 Å². The third-order valence-corrected chi connectivity index (χ3v) is 1.88.